The van der Waals surface area contributed by atoms with E-state index in [0.29, 0.717) is 17.9 Å². The molecule has 1 aromatic rings. The van der Waals surface area contributed by atoms with Crippen LogP contribution in [0.3, 0.4) is 0 Å². The second-order valence-corrected chi connectivity index (χ2v) is 3.73. The van der Waals surface area contributed by atoms with Crippen LogP contribution in [0, 0.1) is 5.92 Å². The molecule has 0 spiro atoms. The zero-order chi connectivity index (χ0) is 10.6. The Morgan fingerprint density at radius 1 is 1.43 bits per heavy atom. The van der Waals surface area contributed by atoms with Crippen LogP contribution in [0.1, 0.15) is 30.6 Å². The summed E-state index contributed by atoms with van der Waals surface area (Å²) < 4.78 is 0. The number of hydrogen-bond acceptors (Lipinski definition) is 4. The molecular formula is C10H15N3O. The van der Waals surface area contributed by atoms with Gasteiger partial charge in [-0.1, -0.05) is 13.8 Å². The largest absolute Gasteiger partial charge is 0.321 e. The Morgan fingerprint density at radius 3 is 2.50 bits per heavy atom. The van der Waals surface area contributed by atoms with E-state index in [1.54, 1.807) is 0 Å². The molecule has 0 radical (unpaired) electrons. The monoisotopic (exact) mass is 193 g/mol. The van der Waals surface area contributed by atoms with Crippen molar-refractivity contribution in [1.82, 2.24) is 9.97 Å². The Balaban J connectivity index is 2.66. The minimum Gasteiger partial charge on any atom is -0.321 e. The lowest BCUT2D eigenvalue weighted by Crippen LogP contribution is -2.32. The summed E-state index contributed by atoms with van der Waals surface area (Å²) in [4.78, 5) is 19.2. The second-order valence-electron chi connectivity index (χ2n) is 3.73. The maximum absolute atomic E-state index is 11.7. The van der Waals surface area contributed by atoms with E-state index in [9.17, 15) is 4.79 Å². The lowest BCUT2D eigenvalue weighted by molar-refractivity contribution is 0.0950. The first kappa shape index (κ1) is 10.8. The van der Waals surface area contributed by atoms with Gasteiger partial charge in [-0.3, -0.25) is 4.79 Å². The van der Waals surface area contributed by atoms with Crippen LogP contribution in [0.25, 0.3) is 0 Å². The van der Waals surface area contributed by atoms with Crippen LogP contribution in [0.15, 0.2) is 18.7 Å². The molecule has 1 heterocycles. The van der Waals surface area contributed by atoms with Gasteiger partial charge in [0.1, 0.15) is 6.33 Å². The number of Topliss-reactive ketones (excluding diaryl/α,β-unsaturated/α-hetero) is 1. The lowest BCUT2D eigenvalue weighted by Gasteiger charge is -2.11. The number of rotatable bonds is 4. The van der Waals surface area contributed by atoms with Crippen molar-refractivity contribution in [2.24, 2.45) is 11.7 Å². The number of aromatic nitrogens is 2. The van der Waals surface area contributed by atoms with Crippen LogP contribution >= 0.6 is 0 Å². The predicted octanol–water partition coefficient (Wildman–Crippen LogP) is 1.03. The maximum Gasteiger partial charge on any atom is 0.182 e. The minimum atomic E-state index is -0.444. The van der Waals surface area contributed by atoms with Crippen molar-refractivity contribution in [2.45, 2.75) is 26.3 Å². The zero-order valence-corrected chi connectivity index (χ0v) is 8.47. The summed E-state index contributed by atoms with van der Waals surface area (Å²) in [7, 11) is 0. The third-order valence-electron chi connectivity index (χ3n) is 1.91. The standard InChI is InChI=1S/C10H15N3O/c1-7(2)3-9(11)10(14)8-4-12-6-13-5-8/h4-7,9H,3,11H2,1-2H3. The van der Waals surface area contributed by atoms with Crippen molar-refractivity contribution in [3.63, 3.8) is 0 Å². The highest BCUT2D eigenvalue weighted by Crippen LogP contribution is 2.07. The molecule has 0 aliphatic heterocycles. The summed E-state index contributed by atoms with van der Waals surface area (Å²) in [5.41, 5.74) is 6.23. The van der Waals surface area contributed by atoms with Crippen molar-refractivity contribution in [2.75, 3.05) is 0 Å². The summed E-state index contributed by atoms with van der Waals surface area (Å²) in [5, 5.41) is 0. The van der Waals surface area contributed by atoms with Gasteiger partial charge < -0.3 is 5.73 Å². The quantitative estimate of drug-likeness (QED) is 0.725. The van der Waals surface area contributed by atoms with E-state index in [1.165, 1.54) is 18.7 Å². The summed E-state index contributed by atoms with van der Waals surface area (Å²) in [6.07, 6.45) is 5.07. The summed E-state index contributed by atoms with van der Waals surface area (Å²) in [6, 6.07) is -0.444. The molecule has 0 aliphatic carbocycles. The Labute approximate surface area is 83.6 Å². The Morgan fingerprint density at radius 2 is 2.00 bits per heavy atom. The molecule has 4 heteroatoms. The van der Waals surface area contributed by atoms with Crippen molar-refractivity contribution < 1.29 is 4.79 Å². The van der Waals surface area contributed by atoms with E-state index < -0.39 is 6.04 Å². The number of nitrogens with two attached hydrogens (primary N) is 1. The number of hydrogen-bond donors (Lipinski definition) is 1. The molecule has 1 aromatic heterocycles. The van der Waals surface area contributed by atoms with Gasteiger partial charge in [0.2, 0.25) is 0 Å². The van der Waals surface area contributed by atoms with Crippen molar-refractivity contribution in [3.05, 3.63) is 24.3 Å². The number of carbonyl (C=O) groups is 1. The van der Waals surface area contributed by atoms with Gasteiger partial charge in [0, 0.05) is 12.4 Å². The molecular weight excluding hydrogens is 178 g/mol. The van der Waals surface area contributed by atoms with Gasteiger partial charge in [0.25, 0.3) is 0 Å². The van der Waals surface area contributed by atoms with Crippen LogP contribution in [0.2, 0.25) is 0 Å². The molecule has 76 valence electrons. The van der Waals surface area contributed by atoms with E-state index in [2.05, 4.69) is 9.97 Å². The Hall–Kier alpha value is -1.29. The fourth-order valence-electron chi connectivity index (χ4n) is 1.26. The topological polar surface area (TPSA) is 68.9 Å². The smallest absolute Gasteiger partial charge is 0.182 e. The SMILES string of the molecule is CC(C)CC(N)C(=O)c1cncnc1. The van der Waals surface area contributed by atoms with E-state index >= 15 is 0 Å². The average Bonchev–Trinajstić information content (AvgIpc) is 2.17. The molecule has 0 amide bonds. The molecule has 0 saturated heterocycles. The predicted molar refractivity (Wildman–Crippen MR) is 53.8 cm³/mol. The molecule has 0 fully saturated rings. The van der Waals surface area contributed by atoms with E-state index in [4.69, 9.17) is 5.73 Å². The number of carbonyl (C=O) groups excluding carboxylic acids is 1. The van der Waals surface area contributed by atoms with E-state index in [0.717, 1.165) is 0 Å². The summed E-state index contributed by atoms with van der Waals surface area (Å²) in [6.45, 7) is 4.07. The average molecular weight is 193 g/mol. The van der Waals surface area contributed by atoms with E-state index in [1.807, 2.05) is 13.8 Å². The highest BCUT2D eigenvalue weighted by atomic mass is 16.1. The molecule has 0 saturated carbocycles. The van der Waals surface area contributed by atoms with Crippen LogP contribution < -0.4 is 5.73 Å². The van der Waals surface area contributed by atoms with Gasteiger partial charge in [-0.25, -0.2) is 9.97 Å². The van der Waals surface area contributed by atoms with Crippen LogP contribution in [-0.2, 0) is 0 Å². The molecule has 2 N–H and O–H groups in total. The fourth-order valence-corrected chi connectivity index (χ4v) is 1.26. The summed E-state index contributed by atoms with van der Waals surface area (Å²) >= 11 is 0. The number of nitrogens with zero attached hydrogens (tertiary/aromatic N) is 2. The Bertz CT molecular complexity index is 297. The third-order valence-corrected chi connectivity index (χ3v) is 1.91. The maximum atomic E-state index is 11.7. The molecule has 0 aliphatic rings. The van der Waals surface area contributed by atoms with Crippen LogP contribution in [0.4, 0.5) is 0 Å². The van der Waals surface area contributed by atoms with Crippen molar-refractivity contribution in [1.29, 1.82) is 0 Å². The third kappa shape index (κ3) is 2.88. The number of ketones is 1. The van der Waals surface area contributed by atoms with Crippen molar-refractivity contribution in [3.8, 4) is 0 Å². The molecule has 1 unspecified atom stereocenters. The zero-order valence-electron chi connectivity index (χ0n) is 8.47. The van der Waals surface area contributed by atoms with Gasteiger partial charge in [0.05, 0.1) is 11.6 Å². The van der Waals surface area contributed by atoms with Gasteiger partial charge in [-0.05, 0) is 12.3 Å². The highest BCUT2D eigenvalue weighted by Gasteiger charge is 2.16. The highest BCUT2D eigenvalue weighted by molar-refractivity contribution is 5.99. The normalized spacial score (nSPS) is 12.9. The molecule has 1 atom stereocenters. The van der Waals surface area contributed by atoms with Crippen LogP contribution in [0.5, 0.6) is 0 Å². The van der Waals surface area contributed by atoms with Gasteiger partial charge >= 0.3 is 0 Å². The fraction of sp³-hybridized carbons (Fsp3) is 0.500. The first-order valence-electron chi connectivity index (χ1n) is 4.66. The molecule has 14 heavy (non-hydrogen) atoms. The second kappa shape index (κ2) is 4.81. The first-order chi connectivity index (χ1) is 6.61. The minimum absolute atomic E-state index is 0.0840. The van der Waals surface area contributed by atoms with E-state index in [-0.39, 0.29) is 5.78 Å². The molecule has 0 aromatic carbocycles. The van der Waals surface area contributed by atoms with Gasteiger partial charge in [-0.2, -0.15) is 0 Å². The lowest BCUT2D eigenvalue weighted by atomic mass is 9.98. The van der Waals surface area contributed by atoms with Crippen molar-refractivity contribution >= 4 is 5.78 Å². The van der Waals surface area contributed by atoms with Gasteiger partial charge in [-0.15, -0.1) is 0 Å². The van der Waals surface area contributed by atoms with Crippen LogP contribution in [-0.4, -0.2) is 21.8 Å². The molecule has 4 nitrogen and oxygen atoms in total. The molecule has 1 rings (SSSR count). The molecule has 0 bridgehead atoms. The Kier molecular flexibility index (Phi) is 3.71. The first-order valence-corrected chi connectivity index (χ1v) is 4.66. The summed E-state index contributed by atoms with van der Waals surface area (Å²) in [5.74, 6) is 0.331. The van der Waals surface area contributed by atoms with Gasteiger partial charge in [0.15, 0.2) is 5.78 Å².